The molecule has 90 valence electrons. The summed E-state index contributed by atoms with van der Waals surface area (Å²) in [6.45, 7) is 2.32. The van der Waals surface area contributed by atoms with E-state index in [-0.39, 0.29) is 79.7 Å². The number of carboxylic acids is 2. The molecule has 0 aliphatic carbocycles. The summed E-state index contributed by atoms with van der Waals surface area (Å²) in [6, 6.07) is 4.32. The summed E-state index contributed by atoms with van der Waals surface area (Å²) in [5.74, 6) is -2.51. The predicted octanol–water partition coefficient (Wildman–Crippen LogP) is -4.15. The summed E-state index contributed by atoms with van der Waals surface area (Å²) >= 11 is 0. The molecule has 1 aromatic carbocycles. The Morgan fingerprint density at radius 1 is 1.22 bits per heavy atom. The van der Waals surface area contributed by atoms with E-state index in [4.69, 9.17) is 14.9 Å². The Kier molecular flexibility index (Phi) is 11.3. The third kappa shape index (κ3) is 5.40. The van der Waals surface area contributed by atoms with E-state index >= 15 is 0 Å². The zero-order chi connectivity index (χ0) is 12.1. The maximum atomic E-state index is 11.0. The third-order valence-corrected chi connectivity index (χ3v) is 2.06. The van der Waals surface area contributed by atoms with Gasteiger partial charge in [-0.05, 0) is 18.6 Å². The van der Waals surface area contributed by atoms with Crippen LogP contribution in [0.25, 0.3) is 0 Å². The standard InChI is InChI=1S/C11H12O5.2Na.2H/c1-2-16-6-7-4-3-5-8(10(12)13)9(7)11(14)15;;;;/h3-5H,2,6H2,1H3,(H,12,13)(H,14,15);;;;/q;2*+1;2*-1. The SMILES string of the molecule is CCOCc1cccc(C(=O)O)c1C(=O)O.[H-].[H-].[Na+].[Na+]. The summed E-state index contributed by atoms with van der Waals surface area (Å²) in [4.78, 5) is 21.8. The molecule has 0 unspecified atom stereocenters. The molecule has 0 aliphatic rings. The fraction of sp³-hybridized carbons (Fsp3) is 0.273. The smallest absolute Gasteiger partial charge is 1.00 e. The van der Waals surface area contributed by atoms with Crippen molar-refractivity contribution in [1.29, 1.82) is 0 Å². The van der Waals surface area contributed by atoms with Gasteiger partial charge in [-0.25, -0.2) is 9.59 Å². The average molecular weight is 272 g/mol. The number of rotatable bonds is 5. The number of carboxylic acid groups (broad SMARTS) is 2. The van der Waals surface area contributed by atoms with Crippen LogP contribution in [0.15, 0.2) is 18.2 Å². The van der Waals surface area contributed by atoms with Crippen LogP contribution in [-0.4, -0.2) is 28.8 Å². The molecule has 0 heterocycles. The van der Waals surface area contributed by atoms with Gasteiger partial charge in [-0.2, -0.15) is 0 Å². The molecule has 1 rings (SSSR count). The van der Waals surface area contributed by atoms with Crippen molar-refractivity contribution in [2.75, 3.05) is 6.61 Å². The zero-order valence-electron chi connectivity index (χ0n) is 12.8. The number of ether oxygens (including phenoxy) is 1. The molecule has 0 radical (unpaired) electrons. The first-order valence-corrected chi connectivity index (χ1v) is 4.74. The second-order valence-corrected chi connectivity index (χ2v) is 3.09. The van der Waals surface area contributed by atoms with Crippen LogP contribution in [0.4, 0.5) is 0 Å². The van der Waals surface area contributed by atoms with Crippen molar-refractivity contribution < 1.29 is 86.5 Å². The molecule has 0 atom stereocenters. The molecule has 0 bridgehead atoms. The summed E-state index contributed by atoms with van der Waals surface area (Å²) in [6.07, 6.45) is 0. The minimum atomic E-state index is -1.26. The molecule has 7 heteroatoms. The average Bonchev–Trinajstić information content (AvgIpc) is 2.25. The maximum absolute atomic E-state index is 11.0. The summed E-state index contributed by atoms with van der Waals surface area (Å²) in [7, 11) is 0. The fourth-order valence-corrected chi connectivity index (χ4v) is 1.36. The van der Waals surface area contributed by atoms with E-state index < -0.39 is 11.9 Å². The zero-order valence-corrected chi connectivity index (χ0v) is 14.8. The van der Waals surface area contributed by atoms with Crippen molar-refractivity contribution >= 4 is 11.9 Å². The van der Waals surface area contributed by atoms with Crippen molar-refractivity contribution in [2.45, 2.75) is 13.5 Å². The van der Waals surface area contributed by atoms with Gasteiger partial charge in [0.25, 0.3) is 0 Å². The van der Waals surface area contributed by atoms with Crippen molar-refractivity contribution in [3.05, 3.63) is 34.9 Å². The molecule has 0 fully saturated rings. The van der Waals surface area contributed by atoms with Crippen molar-refractivity contribution in [3.63, 3.8) is 0 Å². The quantitative estimate of drug-likeness (QED) is 0.532. The minimum Gasteiger partial charge on any atom is -1.00 e. The normalized spacial score (nSPS) is 8.94. The van der Waals surface area contributed by atoms with Crippen LogP contribution in [0.2, 0.25) is 0 Å². The van der Waals surface area contributed by atoms with Crippen molar-refractivity contribution in [3.8, 4) is 0 Å². The third-order valence-electron chi connectivity index (χ3n) is 2.06. The molecule has 0 aromatic heterocycles. The number of hydrogen-bond donors (Lipinski definition) is 2. The molecule has 2 N–H and O–H groups in total. The molecule has 1 aromatic rings. The Hall–Kier alpha value is 0.120. The monoisotopic (exact) mass is 272 g/mol. The second kappa shape index (κ2) is 9.97. The Morgan fingerprint density at radius 3 is 2.28 bits per heavy atom. The number of aromatic carboxylic acids is 2. The van der Waals surface area contributed by atoms with E-state index in [9.17, 15) is 9.59 Å². The van der Waals surface area contributed by atoms with Gasteiger partial charge >= 0.3 is 71.1 Å². The molecule has 0 spiro atoms. The van der Waals surface area contributed by atoms with Crippen LogP contribution in [0.3, 0.4) is 0 Å². The van der Waals surface area contributed by atoms with Gasteiger partial charge in [0.2, 0.25) is 0 Å². The molecule has 18 heavy (non-hydrogen) atoms. The Morgan fingerprint density at radius 2 is 1.83 bits per heavy atom. The van der Waals surface area contributed by atoms with Crippen molar-refractivity contribution in [1.82, 2.24) is 0 Å². The van der Waals surface area contributed by atoms with E-state index in [1.165, 1.54) is 12.1 Å². The van der Waals surface area contributed by atoms with Gasteiger partial charge < -0.3 is 17.8 Å². The number of hydrogen-bond acceptors (Lipinski definition) is 3. The van der Waals surface area contributed by atoms with Gasteiger partial charge in [0.05, 0.1) is 17.7 Å². The van der Waals surface area contributed by atoms with Crippen LogP contribution in [-0.2, 0) is 11.3 Å². The van der Waals surface area contributed by atoms with Gasteiger partial charge in [-0.1, -0.05) is 12.1 Å². The minimum absolute atomic E-state index is 0. The van der Waals surface area contributed by atoms with Crippen LogP contribution in [0.5, 0.6) is 0 Å². The van der Waals surface area contributed by atoms with E-state index in [2.05, 4.69) is 0 Å². The van der Waals surface area contributed by atoms with Gasteiger partial charge in [0.1, 0.15) is 0 Å². The fourth-order valence-electron chi connectivity index (χ4n) is 1.36. The molecule has 0 saturated carbocycles. The van der Waals surface area contributed by atoms with Gasteiger partial charge in [-0.3, -0.25) is 0 Å². The first kappa shape index (κ1) is 20.4. The van der Waals surface area contributed by atoms with Crippen LogP contribution in [0, 0.1) is 0 Å². The molecule has 5 nitrogen and oxygen atoms in total. The maximum Gasteiger partial charge on any atom is 1.00 e. The second-order valence-electron chi connectivity index (χ2n) is 3.09. The van der Waals surface area contributed by atoms with E-state index in [0.29, 0.717) is 12.2 Å². The van der Waals surface area contributed by atoms with Gasteiger partial charge in [-0.15, -0.1) is 0 Å². The van der Waals surface area contributed by atoms with E-state index in [1.54, 1.807) is 13.0 Å². The largest absolute Gasteiger partial charge is 1.00 e. The molecule has 0 saturated heterocycles. The molecular weight excluding hydrogens is 258 g/mol. The predicted molar refractivity (Wildman–Crippen MR) is 57.9 cm³/mol. The van der Waals surface area contributed by atoms with Gasteiger partial charge in [0, 0.05) is 6.61 Å². The molecule has 0 aliphatic heterocycles. The summed E-state index contributed by atoms with van der Waals surface area (Å²) in [5, 5.41) is 17.8. The summed E-state index contributed by atoms with van der Waals surface area (Å²) < 4.78 is 5.09. The van der Waals surface area contributed by atoms with Crippen LogP contribution >= 0.6 is 0 Å². The Bertz CT molecular complexity index is 429. The van der Waals surface area contributed by atoms with E-state index in [1.807, 2.05) is 0 Å². The van der Waals surface area contributed by atoms with Crippen LogP contribution in [0.1, 0.15) is 36.1 Å². The first-order valence-electron chi connectivity index (χ1n) is 4.74. The Balaban J connectivity index is -0.000000320. The van der Waals surface area contributed by atoms with Gasteiger partial charge in [0.15, 0.2) is 0 Å². The number of benzene rings is 1. The molecular formula is C11H14Na2O5. The first-order chi connectivity index (χ1) is 7.57. The number of carbonyl (C=O) groups is 2. The Labute approximate surface area is 152 Å². The molecule has 0 amide bonds. The topological polar surface area (TPSA) is 83.8 Å². The summed E-state index contributed by atoms with van der Waals surface area (Å²) in [5.41, 5.74) is -0.0533. The van der Waals surface area contributed by atoms with Crippen LogP contribution < -0.4 is 59.1 Å². The van der Waals surface area contributed by atoms with E-state index in [0.717, 1.165) is 0 Å². The van der Waals surface area contributed by atoms with Crippen molar-refractivity contribution in [2.24, 2.45) is 0 Å².